The lowest BCUT2D eigenvalue weighted by Gasteiger charge is -2.32. The van der Waals surface area contributed by atoms with Gasteiger partial charge in [-0.05, 0) is 0 Å². The number of hydrogen-bond acceptors (Lipinski definition) is 6. The summed E-state index contributed by atoms with van der Waals surface area (Å²) >= 11 is 0. The molecule has 0 aromatic carbocycles. The molecule has 2 aliphatic heterocycles. The van der Waals surface area contributed by atoms with Crippen molar-refractivity contribution in [3.63, 3.8) is 0 Å². The molecule has 2 saturated heterocycles. The molecule has 0 aromatic rings. The summed E-state index contributed by atoms with van der Waals surface area (Å²) in [6.07, 6.45) is -1.13. The van der Waals surface area contributed by atoms with Gasteiger partial charge in [0.1, 0.15) is 18.6 Å². The molecule has 2 fully saturated rings. The molecule has 2 atom stereocenters. The van der Waals surface area contributed by atoms with Gasteiger partial charge in [-0.3, -0.25) is 9.59 Å². The number of ether oxygens (including phenoxy) is 1. The highest BCUT2D eigenvalue weighted by atomic mass is 32.2. The van der Waals surface area contributed by atoms with Crippen molar-refractivity contribution >= 4 is 22.2 Å². The van der Waals surface area contributed by atoms with E-state index in [0.717, 1.165) is 0 Å². The van der Waals surface area contributed by atoms with Gasteiger partial charge in [-0.15, -0.1) is 0 Å². The van der Waals surface area contributed by atoms with Crippen LogP contribution in [0.2, 0.25) is 0 Å². The fraction of sp³-hybridized carbons (Fsp3) is 0.667. The number of rotatable bonds is 0. The van der Waals surface area contributed by atoms with Gasteiger partial charge in [-0.1, -0.05) is 0 Å². The van der Waals surface area contributed by atoms with Crippen molar-refractivity contribution in [2.45, 2.75) is 12.5 Å². The van der Waals surface area contributed by atoms with Gasteiger partial charge in [0, 0.05) is 0 Å². The number of cyclic esters (lactones) is 1. The largest absolute Gasteiger partial charge is 0.465 e. The van der Waals surface area contributed by atoms with E-state index in [9.17, 15) is 18.0 Å². The fourth-order valence-electron chi connectivity index (χ4n) is 1.39. The van der Waals surface area contributed by atoms with E-state index < -0.39 is 34.2 Å². The Morgan fingerprint density at radius 3 is 2.79 bits per heavy atom. The zero-order valence-corrected chi connectivity index (χ0v) is 7.74. The molecule has 2 aliphatic rings. The lowest BCUT2D eigenvalue weighted by molar-refractivity contribution is -0.159. The van der Waals surface area contributed by atoms with Crippen LogP contribution in [-0.4, -0.2) is 33.0 Å². The van der Waals surface area contributed by atoms with E-state index in [0.29, 0.717) is 0 Å². The summed E-state index contributed by atoms with van der Waals surface area (Å²) in [5, 5.41) is 0. The first-order chi connectivity index (χ1) is 6.48. The normalized spacial score (nSPS) is 35.4. The van der Waals surface area contributed by atoms with Crippen LogP contribution in [0.5, 0.6) is 0 Å². The van der Waals surface area contributed by atoms with E-state index in [4.69, 9.17) is 0 Å². The second kappa shape index (κ2) is 2.92. The Hall–Kier alpha value is -1.15. The maximum absolute atomic E-state index is 11.2. The number of hydrogen-bond donors (Lipinski definition) is 1. The molecule has 0 aliphatic carbocycles. The van der Waals surface area contributed by atoms with Crippen LogP contribution in [0, 0.1) is 5.92 Å². The predicted molar refractivity (Wildman–Crippen MR) is 41.0 cm³/mol. The van der Waals surface area contributed by atoms with Crippen LogP contribution in [0.25, 0.3) is 0 Å². The summed E-state index contributed by atoms with van der Waals surface area (Å²) in [6.45, 7) is -0.134. The minimum atomic E-state index is -4.03. The van der Waals surface area contributed by atoms with Crippen LogP contribution in [0.1, 0.15) is 6.42 Å². The molecular formula is C6H7NO6S. The van der Waals surface area contributed by atoms with E-state index in [1.807, 2.05) is 0 Å². The SMILES string of the molecule is O=C1CC2OS(=O)(=O)NC(=O)C2CO1. The van der Waals surface area contributed by atoms with Crippen molar-refractivity contribution in [3.05, 3.63) is 0 Å². The van der Waals surface area contributed by atoms with Gasteiger partial charge in [-0.2, -0.15) is 8.42 Å². The van der Waals surface area contributed by atoms with Crippen molar-refractivity contribution in [2.24, 2.45) is 5.92 Å². The van der Waals surface area contributed by atoms with Crippen molar-refractivity contribution in [3.8, 4) is 0 Å². The van der Waals surface area contributed by atoms with Crippen molar-refractivity contribution in [1.29, 1.82) is 0 Å². The Labute approximate surface area is 79.6 Å². The topological polar surface area (TPSA) is 98.8 Å². The molecule has 0 radical (unpaired) electrons. The van der Waals surface area contributed by atoms with Gasteiger partial charge in [0.05, 0.1) is 6.42 Å². The molecule has 8 heteroatoms. The number of amides is 1. The zero-order chi connectivity index (χ0) is 10.3. The third-order valence-corrected chi connectivity index (χ3v) is 3.00. The van der Waals surface area contributed by atoms with Gasteiger partial charge in [0.2, 0.25) is 5.91 Å². The molecule has 0 bridgehead atoms. The minimum Gasteiger partial charge on any atom is -0.465 e. The summed E-state index contributed by atoms with van der Waals surface area (Å²) < 4.78 is 32.7. The second-order valence-electron chi connectivity index (χ2n) is 3.05. The molecule has 2 rings (SSSR count). The Bertz CT molecular complexity index is 387. The van der Waals surface area contributed by atoms with Crippen molar-refractivity contribution < 1.29 is 26.9 Å². The average molecular weight is 221 g/mol. The van der Waals surface area contributed by atoms with Gasteiger partial charge in [-0.25, -0.2) is 8.91 Å². The third kappa shape index (κ3) is 1.58. The van der Waals surface area contributed by atoms with Crippen molar-refractivity contribution in [2.75, 3.05) is 6.61 Å². The van der Waals surface area contributed by atoms with Crippen molar-refractivity contribution in [1.82, 2.24) is 4.72 Å². The van der Waals surface area contributed by atoms with Crippen LogP contribution in [0.15, 0.2) is 0 Å². The molecule has 1 N–H and O–H groups in total. The first-order valence-corrected chi connectivity index (χ1v) is 5.29. The highest BCUT2D eigenvalue weighted by Gasteiger charge is 2.44. The predicted octanol–water partition coefficient (Wildman–Crippen LogP) is -1.69. The van der Waals surface area contributed by atoms with E-state index in [1.54, 1.807) is 4.72 Å². The molecule has 7 nitrogen and oxygen atoms in total. The van der Waals surface area contributed by atoms with Gasteiger partial charge in [0.25, 0.3) is 0 Å². The number of carbonyl (C=O) groups is 2. The second-order valence-corrected chi connectivity index (χ2v) is 4.35. The molecule has 2 unspecified atom stereocenters. The lowest BCUT2D eigenvalue weighted by Crippen LogP contribution is -2.54. The van der Waals surface area contributed by atoms with Crippen LogP contribution in [-0.2, 0) is 28.8 Å². The average Bonchev–Trinajstić information content (AvgIpc) is 2.00. The Morgan fingerprint density at radius 2 is 2.07 bits per heavy atom. The summed E-state index contributed by atoms with van der Waals surface area (Å²) in [5.41, 5.74) is 0. The van der Waals surface area contributed by atoms with Gasteiger partial charge >= 0.3 is 16.3 Å². The van der Waals surface area contributed by atoms with Crippen LogP contribution >= 0.6 is 0 Å². The Morgan fingerprint density at radius 1 is 1.36 bits per heavy atom. The van der Waals surface area contributed by atoms with Crippen LogP contribution < -0.4 is 4.72 Å². The fourth-order valence-corrected chi connectivity index (χ4v) is 2.36. The maximum atomic E-state index is 11.2. The molecule has 0 aromatic heterocycles. The summed E-state index contributed by atoms with van der Waals surface area (Å²) in [4.78, 5) is 22.0. The Balaban J connectivity index is 2.24. The molecule has 0 spiro atoms. The quantitative estimate of drug-likeness (QED) is 0.490. The number of carbonyl (C=O) groups excluding carboxylic acids is 2. The number of fused-ring (bicyclic) bond motifs is 1. The summed E-state index contributed by atoms with van der Waals surface area (Å²) in [5.74, 6) is -1.97. The molecule has 14 heavy (non-hydrogen) atoms. The monoisotopic (exact) mass is 221 g/mol. The van der Waals surface area contributed by atoms with E-state index in [2.05, 4.69) is 8.92 Å². The molecular weight excluding hydrogens is 214 g/mol. The first kappa shape index (κ1) is 9.41. The van der Waals surface area contributed by atoms with E-state index in [-0.39, 0.29) is 13.0 Å². The maximum Gasteiger partial charge on any atom is 0.362 e. The van der Waals surface area contributed by atoms with Crippen LogP contribution in [0.4, 0.5) is 0 Å². The standard InChI is InChI=1S/C6H7NO6S/c8-5-1-4-3(2-12-5)6(9)7-14(10,11)13-4/h3-4H,1-2H2,(H,7,9). The first-order valence-electron chi connectivity index (χ1n) is 3.88. The highest BCUT2D eigenvalue weighted by molar-refractivity contribution is 7.85. The molecule has 0 saturated carbocycles. The molecule has 2 heterocycles. The lowest BCUT2D eigenvalue weighted by atomic mass is 9.98. The van der Waals surface area contributed by atoms with Gasteiger partial charge < -0.3 is 4.74 Å². The zero-order valence-electron chi connectivity index (χ0n) is 6.93. The number of esters is 1. The Kier molecular flexibility index (Phi) is 1.96. The van der Waals surface area contributed by atoms with Gasteiger partial charge in [0.15, 0.2) is 0 Å². The molecule has 1 amide bonds. The van der Waals surface area contributed by atoms with E-state index in [1.165, 1.54) is 0 Å². The smallest absolute Gasteiger partial charge is 0.362 e. The highest BCUT2D eigenvalue weighted by Crippen LogP contribution is 2.24. The van der Waals surface area contributed by atoms with E-state index >= 15 is 0 Å². The minimum absolute atomic E-state index is 0.134. The third-order valence-electron chi connectivity index (χ3n) is 2.05. The number of nitrogens with one attached hydrogen (secondary N) is 1. The van der Waals surface area contributed by atoms with Crippen LogP contribution in [0.3, 0.4) is 0 Å². The summed E-state index contributed by atoms with van der Waals surface area (Å²) in [7, 11) is -4.03. The molecule has 78 valence electrons. The summed E-state index contributed by atoms with van der Waals surface area (Å²) in [6, 6.07) is 0.